The highest BCUT2D eigenvalue weighted by Gasteiger charge is 2.11. The molecule has 21 heavy (non-hydrogen) atoms. The lowest BCUT2D eigenvalue weighted by Gasteiger charge is -2.15. The molecule has 1 unspecified atom stereocenters. The highest BCUT2D eigenvalue weighted by Crippen LogP contribution is 2.17. The molecule has 1 aromatic carbocycles. The Balaban J connectivity index is 1.99. The van der Waals surface area contributed by atoms with Crippen molar-refractivity contribution in [2.75, 3.05) is 0 Å². The second-order valence-corrected chi connectivity index (χ2v) is 5.87. The van der Waals surface area contributed by atoms with Crippen LogP contribution in [0.2, 0.25) is 0 Å². The molecular formula is C18H27N3. The highest BCUT2D eigenvalue weighted by atomic mass is 15.3. The van der Waals surface area contributed by atoms with Gasteiger partial charge in [-0.1, -0.05) is 37.6 Å². The van der Waals surface area contributed by atoms with Gasteiger partial charge in [0.25, 0.3) is 0 Å². The summed E-state index contributed by atoms with van der Waals surface area (Å²) < 4.78 is 1.95. The second-order valence-electron chi connectivity index (χ2n) is 5.87. The third-order valence-corrected chi connectivity index (χ3v) is 4.26. The Morgan fingerprint density at radius 2 is 1.86 bits per heavy atom. The van der Waals surface area contributed by atoms with Crippen LogP contribution < -0.4 is 5.32 Å². The molecule has 0 saturated carbocycles. The summed E-state index contributed by atoms with van der Waals surface area (Å²) in [5, 5.41) is 8.08. The van der Waals surface area contributed by atoms with Crippen LogP contribution in [0.15, 0.2) is 24.3 Å². The zero-order valence-electron chi connectivity index (χ0n) is 13.9. The number of hydrogen-bond acceptors (Lipinski definition) is 2. The highest BCUT2D eigenvalue weighted by molar-refractivity contribution is 5.27. The van der Waals surface area contributed by atoms with Crippen LogP contribution in [0.5, 0.6) is 0 Å². The van der Waals surface area contributed by atoms with Gasteiger partial charge in [-0.3, -0.25) is 4.68 Å². The lowest BCUT2D eigenvalue weighted by atomic mass is 10.0. The van der Waals surface area contributed by atoms with Crippen LogP contribution in [0.25, 0.3) is 0 Å². The minimum atomic E-state index is 0.347. The fraction of sp³-hybridized carbons (Fsp3) is 0.500. The minimum Gasteiger partial charge on any atom is -0.306 e. The van der Waals surface area contributed by atoms with Gasteiger partial charge in [0.05, 0.1) is 5.69 Å². The predicted octanol–water partition coefficient (Wildman–Crippen LogP) is 3.84. The molecule has 0 aliphatic rings. The maximum Gasteiger partial charge on any atom is 0.0641 e. The van der Waals surface area contributed by atoms with Gasteiger partial charge in [-0.15, -0.1) is 0 Å². The van der Waals surface area contributed by atoms with Crippen molar-refractivity contribution in [2.24, 2.45) is 7.05 Å². The van der Waals surface area contributed by atoms with Crippen LogP contribution in [-0.2, 0) is 20.0 Å². The summed E-state index contributed by atoms with van der Waals surface area (Å²) in [6.07, 6.45) is 2.36. The van der Waals surface area contributed by atoms with Gasteiger partial charge in [0.1, 0.15) is 0 Å². The van der Waals surface area contributed by atoms with E-state index >= 15 is 0 Å². The summed E-state index contributed by atoms with van der Waals surface area (Å²) in [4.78, 5) is 0. The molecule has 0 bridgehead atoms. The molecule has 1 aromatic heterocycles. The lowest BCUT2D eigenvalue weighted by Crippen LogP contribution is -2.19. The Kier molecular flexibility index (Phi) is 5.18. The maximum absolute atomic E-state index is 4.47. The summed E-state index contributed by atoms with van der Waals surface area (Å²) in [6, 6.07) is 9.33. The molecule has 114 valence electrons. The van der Waals surface area contributed by atoms with E-state index in [1.165, 1.54) is 28.8 Å². The van der Waals surface area contributed by atoms with Crippen molar-refractivity contribution in [3.8, 4) is 0 Å². The fourth-order valence-electron chi connectivity index (χ4n) is 2.71. The first-order chi connectivity index (χ1) is 10.0. The van der Waals surface area contributed by atoms with Gasteiger partial charge >= 0.3 is 0 Å². The largest absolute Gasteiger partial charge is 0.306 e. The molecule has 2 rings (SSSR count). The van der Waals surface area contributed by atoms with Crippen molar-refractivity contribution >= 4 is 0 Å². The van der Waals surface area contributed by atoms with E-state index in [1.807, 2.05) is 11.7 Å². The molecule has 0 fully saturated rings. The number of benzene rings is 1. The quantitative estimate of drug-likeness (QED) is 0.874. The van der Waals surface area contributed by atoms with E-state index < -0.39 is 0 Å². The van der Waals surface area contributed by atoms with Crippen LogP contribution in [0.3, 0.4) is 0 Å². The predicted molar refractivity (Wildman–Crippen MR) is 88.4 cm³/mol. The van der Waals surface area contributed by atoms with Crippen LogP contribution >= 0.6 is 0 Å². The van der Waals surface area contributed by atoms with Gasteiger partial charge in [0, 0.05) is 30.9 Å². The Morgan fingerprint density at radius 1 is 1.19 bits per heavy atom. The van der Waals surface area contributed by atoms with E-state index in [-0.39, 0.29) is 0 Å². The summed E-state index contributed by atoms with van der Waals surface area (Å²) in [7, 11) is 2.00. The van der Waals surface area contributed by atoms with E-state index in [1.54, 1.807) is 0 Å². The fourth-order valence-corrected chi connectivity index (χ4v) is 2.71. The van der Waals surface area contributed by atoms with E-state index in [2.05, 4.69) is 62.4 Å². The topological polar surface area (TPSA) is 29.9 Å². The van der Waals surface area contributed by atoms with Gasteiger partial charge < -0.3 is 5.32 Å². The molecule has 0 saturated heterocycles. The van der Waals surface area contributed by atoms with Crippen LogP contribution in [0.1, 0.15) is 54.4 Å². The van der Waals surface area contributed by atoms with Crippen molar-refractivity contribution in [2.45, 2.75) is 53.1 Å². The van der Waals surface area contributed by atoms with Crippen molar-refractivity contribution in [1.29, 1.82) is 0 Å². The molecule has 0 aliphatic carbocycles. The molecule has 1 atom stereocenters. The first-order valence-corrected chi connectivity index (χ1v) is 7.84. The molecule has 0 radical (unpaired) electrons. The molecule has 0 aliphatic heterocycles. The SMILES string of the molecule is CCCc1ccc(C(C)NCc2c(C)nn(C)c2C)cc1. The number of nitrogens with one attached hydrogen (secondary N) is 1. The first kappa shape index (κ1) is 15.8. The Bertz CT molecular complexity index is 581. The van der Waals surface area contributed by atoms with Gasteiger partial charge in [-0.2, -0.15) is 5.10 Å². The molecule has 0 amide bonds. The summed E-state index contributed by atoms with van der Waals surface area (Å²) in [5.41, 5.74) is 6.44. The average Bonchev–Trinajstić information content (AvgIpc) is 2.71. The molecule has 3 nitrogen and oxygen atoms in total. The zero-order chi connectivity index (χ0) is 15.4. The number of hydrogen-bond donors (Lipinski definition) is 1. The van der Waals surface area contributed by atoms with Crippen molar-refractivity contribution in [3.63, 3.8) is 0 Å². The van der Waals surface area contributed by atoms with E-state index in [0.717, 1.165) is 18.7 Å². The summed E-state index contributed by atoms with van der Waals surface area (Å²) in [5.74, 6) is 0. The van der Waals surface area contributed by atoms with Crippen LogP contribution in [-0.4, -0.2) is 9.78 Å². The number of rotatable bonds is 6. The Hall–Kier alpha value is -1.61. The van der Waals surface area contributed by atoms with Crippen molar-refractivity contribution in [1.82, 2.24) is 15.1 Å². The third-order valence-electron chi connectivity index (χ3n) is 4.26. The summed E-state index contributed by atoms with van der Waals surface area (Å²) in [6.45, 7) is 9.51. The van der Waals surface area contributed by atoms with E-state index in [4.69, 9.17) is 0 Å². The zero-order valence-corrected chi connectivity index (χ0v) is 13.9. The molecule has 2 aromatic rings. The van der Waals surface area contributed by atoms with Gasteiger partial charge in [-0.25, -0.2) is 0 Å². The van der Waals surface area contributed by atoms with E-state index in [9.17, 15) is 0 Å². The van der Waals surface area contributed by atoms with Crippen LogP contribution in [0, 0.1) is 13.8 Å². The first-order valence-electron chi connectivity index (χ1n) is 7.84. The van der Waals surface area contributed by atoms with E-state index in [0.29, 0.717) is 6.04 Å². The molecule has 3 heteroatoms. The van der Waals surface area contributed by atoms with Crippen molar-refractivity contribution in [3.05, 3.63) is 52.3 Å². The van der Waals surface area contributed by atoms with Gasteiger partial charge in [0.15, 0.2) is 0 Å². The Morgan fingerprint density at radius 3 is 2.38 bits per heavy atom. The number of aryl methyl sites for hydroxylation is 3. The molecular weight excluding hydrogens is 258 g/mol. The standard InChI is InChI=1S/C18H27N3/c1-6-7-16-8-10-17(11-9-16)13(2)19-12-18-14(3)20-21(5)15(18)4/h8-11,13,19H,6-7,12H2,1-5H3. The van der Waals surface area contributed by atoms with Gasteiger partial charge in [-0.05, 0) is 38.3 Å². The number of nitrogens with zero attached hydrogens (tertiary/aromatic N) is 2. The number of aromatic nitrogens is 2. The molecule has 1 heterocycles. The van der Waals surface area contributed by atoms with Gasteiger partial charge in [0.2, 0.25) is 0 Å². The maximum atomic E-state index is 4.47. The van der Waals surface area contributed by atoms with Crippen LogP contribution in [0.4, 0.5) is 0 Å². The Labute approximate surface area is 128 Å². The normalized spacial score (nSPS) is 12.6. The van der Waals surface area contributed by atoms with Crippen molar-refractivity contribution < 1.29 is 0 Å². The second kappa shape index (κ2) is 6.90. The summed E-state index contributed by atoms with van der Waals surface area (Å²) >= 11 is 0. The third kappa shape index (κ3) is 3.73. The lowest BCUT2D eigenvalue weighted by molar-refractivity contribution is 0.571. The molecule has 0 spiro atoms. The molecule has 1 N–H and O–H groups in total. The minimum absolute atomic E-state index is 0.347. The average molecular weight is 285 g/mol. The smallest absolute Gasteiger partial charge is 0.0641 e. The monoisotopic (exact) mass is 285 g/mol.